The van der Waals surface area contributed by atoms with E-state index in [9.17, 15) is 13.2 Å². The van der Waals surface area contributed by atoms with Crippen LogP contribution >= 0.6 is 0 Å². The summed E-state index contributed by atoms with van der Waals surface area (Å²) < 4.78 is 35.6. The highest BCUT2D eigenvalue weighted by Crippen LogP contribution is 2.36. The highest BCUT2D eigenvalue weighted by Gasteiger charge is 2.27. The number of hydrogen-bond acceptors (Lipinski definition) is 4. The Kier molecular flexibility index (Phi) is 8.46. The summed E-state index contributed by atoms with van der Waals surface area (Å²) in [5.41, 5.74) is 3.74. The van der Waals surface area contributed by atoms with Gasteiger partial charge < -0.3 is 4.74 Å². The van der Waals surface area contributed by atoms with Gasteiger partial charge >= 0.3 is 6.09 Å². The third-order valence-corrected chi connectivity index (χ3v) is 6.84. The van der Waals surface area contributed by atoms with Crippen molar-refractivity contribution in [3.05, 3.63) is 52.6 Å². The normalized spacial score (nSPS) is 12.4. The summed E-state index contributed by atoms with van der Waals surface area (Å²) >= 11 is 0. The molecule has 0 atom stereocenters. The number of carbonyl (C=O) groups excluding carboxylic acids is 1. The van der Waals surface area contributed by atoms with Gasteiger partial charge in [-0.25, -0.2) is 13.2 Å². The largest absolute Gasteiger partial charge is 0.444 e. The van der Waals surface area contributed by atoms with Crippen LogP contribution in [0.1, 0.15) is 102 Å². The molecule has 0 unspecified atom stereocenters. The Bertz CT molecular complexity index is 1110. The van der Waals surface area contributed by atoms with Gasteiger partial charge in [-0.1, -0.05) is 53.7 Å². The van der Waals surface area contributed by atoms with Gasteiger partial charge in [0.1, 0.15) is 5.60 Å². The van der Waals surface area contributed by atoms with Crippen LogP contribution in [0.15, 0.2) is 35.2 Å². The van der Waals surface area contributed by atoms with Crippen molar-refractivity contribution in [1.82, 2.24) is 0 Å². The van der Waals surface area contributed by atoms with E-state index in [0.29, 0.717) is 16.3 Å². The Morgan fingerprint density at radius 1 is 0.824 bits per heavy atom. The molecule has 0 aromatic heterocycles. The molecule has 0 bridgehead atoms. The summed E-state index contributed by atoms with van der Waals surface area (Å²) in [7, 11) is -3.89. The monoisotopic (exact) mass is 488 g/mol. The SMILES string of the molecule is Cc1cc(NC(=O)OC(C)(C)C)cc(NS(=O)(=O)c2c(C(C)C)cc(C(C)C)cc2C(C)C)c1. The van der Waals surface area contributed by atoms with E-state index in [1.54, 1.807) is 39.0 Å². The lowest BCUT2D eigenvalue weighted by molar-refractivity contribution is 0.0636. The number of sulfonamides is 1. The van der Waals surface area contributed by atoms with Gasteiger partial charge in [0.05, 0.1) is 10.6 Å². The van der Waals surface area contributed by atoms with Crippen LogP contribution in [0.4, 0.5) is 16.2 Å². The van der Waals surface area contributed by atoms with Crippen molar-refractivity contribution in [2.24, 2.45) is 0 Å². The van der Waals surface area contributed by atoms with Crippen molar-refractivity contribution < 1.29 is 17.9 Å². The van der Waals surface area contributed by atoms with Gasteiger partial charge in [0.25, 0.3) is 10.0 Å². The molecular weight excluding hydrogens is 448 g/mol. The minimum atomic E-state index is -3.89. The van der Waals surface area contributed by atoms with Crippen LogP contribution < -0.4 is 10.0 Å². The Labute approximate surface area is 205 Å². The highest BCUT2D eigenvalue weighted by atomic mass is 32.2. The van der Waals surface area contributed by atoms with Crippen molar-refractivity contribution in [1.29, 1.82) is 0 Å². The second kappa shape index (κ2) is 10.4. The van der Waals surface area contributed by atoms with E-state index in [1.165, 1.54) is 0 Å². The van der Waals surface area contributed by atoms with Crippen LogP contribution in [0.5, 0.6) is 0 Å². The Balaban J connectivity index is 2.53. The van der Waals surface area contributed by atoms with Crippen molar-refractivity contribution in [3.8, 4) is 0 Å². The molecule has 2 rings (SSSR count). The predicted octanol–water partition coefficient (Wildman–Crippen LogP) is 7.51. The Hall–Kier alpha value is -2.54. The van der Waals surface area contributed by atoms with Crippen molar-refractivity contribution in [2.75, 3.05) is 10.0 Å². The smallest absolute Gasteiger partial charge is 0.412 e. The minimum absolute atomic E-state index is 0.0321. The van der Waals surface area contributed by atoms with E-state index in [1.807, 2.05) is 46.8 Å². The zero-order valence-electron chi connectivity index (χ0n) is 22.2. The number of amides is 1. The lowest BCUT2D eigenvalue weighted by atomic mass is 9.89. The number of nitrogens with one attached hydrogen (secondary N) is 2. The molecule has 1 amide bonds. The summed E-state index contributed by atoms with van der Waals surface area (Å²) in [5.74, 6) is 0.354. The molecule has 2 N–H and O–H groups in total. The van der Waals surface area contributed by atoms with Crippen LogP contribution in [0.2, 0.25) is 0 Å². The number of rotatable bonds is 7. The van der Waals surface area contributed by atoms with Crippen LogP contribution in [0.3, 0.4) is 0 Å². The molecule has 0 saturated carbocycles. The third kappa shape index (κ3) is 7.23. The number of benzene rings is 2. The number of ether oxygens (including phenoxy) is 1. The molecule has 0 aliphatic carbocycles. The number of aryl methyl sites for hydroxylation is 1. The number of hydrogen-bond donors (Lipinski definition) is 2. The summed E-state index contributed by atoms with van der Waals surface area (Å²) in [6.45, 7) is 19.5. The highest BCUT2D eigenvalue weighted by molar-refractivity contribution is 7.92. The van der Waals surface area contributed by atoms with Gasteiger partial charge in [-0.05, 0) is 85.9 Å². The van der Waals surface area contributed by atoms with Crippen LogP contribution in [0, 0.1) is 6.92 Å². The molecule has 2 aromatic rings. The fraction of sp³-hybridized carbons (Fsp3) is 0.519. The van der Waals surface area contributed by atoms with E-state index in [4.69, 9.17) is 4.74 Å². The molecule has 0 aliphatic heterocycles. The average molecular weight is 489 g/mol. The molecule has 188 valence electrons. The van der Waals surface area contributed by atoms with Crippen LogP contribution in [0.25, 0.3) is 0 Å². The van der Waals surface area contributed by atoms with Gasteiger partial charge in [-0.2, -0.15) is 0 Å². The second-order valence-electron chi connectivity index (χ2n) is 10.8. The van der Waals surface area contributed by atoms with Crippen molar-refractivity contribution in [2.45, 2.75) is 97.5 Å². The average Bonchev–Trinajstić information content (AvgIpc) is 2.64. The maximum Gasteiger partial charge on any atom is 0.412 e. The molecule has 7 heteroatoms. The molecule has 0 saturated heterocycles. The van der Waals surface area contributed by atoms with Gasteiger partial charge in [0.2, 0.25) is 0 Å². The lowest BCUT2D eigenvalue weighted by Crippen LogP contribution is -2.27. The van der Waals surface area contributed by atoms with Crippen LogP contribution in [-0.2, 0) is 14.8 Å². The molecule has 2 aromatic carbocycles. The molecular formula is C27H40N2O4S. The number of carbonyl (C=O) groups is 1. The first-order valence-electron chi connectivity index (χ1n) is 11.8. The van der Waals surface area contributed by atoms with E-state index in [-0.39, 0.29) is 17.8 Å². The standard InChI is InChI=1S/C27H40N2O4S/c1-16(2)20-13-23(17(3)4)25(24(14-20)18(5)6)34(31,32)29-22-12-19(7)11-21(15-22)28-26(30)33-27(8,9)10/h11-18,29H,1-10H3,(H,28,30). The quantitative estimate of drug-likeness (QED) is 0.422. The van der Waals surface area contributed by atoms with E-state index in [0.717, 1.165) is 22.3 Å². The molecule has 0 aliphatic rings. The van der Waals surface area contributed by atoms with E-state index in [2.05, 4.69) is 23.9 Å². The molecule has 34 heavy (non-hydrogen) atoms. The molecule has 6 nitrogen and oxygen atoms in total. The maximum absolute atomic E-state index is 13.7. The van der Waals surface area contributed by atoms with Crippen LogP contribution in [-0.4, -0.2) is 20.1 Å². The summed E-state index contributed by atoms with van der Waals surface area (Å²) in [6.07, 6.45) is -0.597. The van der Waals surface area contributed by atoms with E-state index < -0.39 is 21.7 Å². The third-order valence-electron chi connectivity index (χ3n) is 5.32. The van der Waals surface area contributed by atoms with Gasteiger partial charge in [-0.15, -0.1) is 0 Å². The Morgan fingerprint density at radius 3 is 1.76 bits per heavy atom. The molecule has 0 heterocycles. The first-order valence-corrected chi connectivity index (χ1v) is 13.3. The fourth-order valence-electron chi connectivity index (χ4n) is 3.74. The molecule has 0 spiro atoms. The Morgan fingerprint density at radius 2 is 1.32 bits per heavy atom. The molecule has 0 fully saturated rings. The topological polar surface area (TPSA) is 84.5 Å². The molecule has 0 radical (unpaired) electrons. The second-order valence-corrected chi connectivity index (χ2v) is 12.4. The first-order chi connectivity index (χ1) is 15.5. The van der Waals surface area contributed by atoms with E-state index >= 15 is 0 Å². The van der Waals surface area contributed by atoms with Gasteiger partial charge in [0, 0.05) is 5.69 Å². The van der Waals surface area contributed by atoms with Crippen molar-refractivity contribution in [3.63, 3.8) is 0 Å². The first kappa shape index (κ1) is 27.7. The maximum atomic E-state index is 13.7. The van der Waals surface area contributed by atoms with Gasteiger partial charge in [-0.3, -0.25) is 10.0 Å². The number of anilines is 2. The lowest BCUT2D eigenvalue weighted by Gasteiger charge is -2.23. The van der Waals surface area contributed by atoms with Crippen molar-refractivity contribution >= 4 is 27.5 Å². The minimum Gasteiger partial charge on any atom is -0.444 e. The zero-order chi connectivity index (χ0) is 26.0. The summed E-state index contributed by atoms with van der Waals surface area (Å²) in [5, 5.41) is 2.69. The predicted molar refractivity (Wildman–Crippen MR) is 141 cm³/mol. The fourth-order valence-corrected chi connectivity index (χ4v) is 5.48. The summed E-state index contributed by atoms with van der Waals surface area (Å²) in [6, 6.07) is 9.13. The summed E-state index contributed by atoms with van der Waals surface area (Å²) in [4.78, 5) is 12.5. The van der Waals surface area contributed by atoms with Gasteiger partial charge in [0.15, 0.2) is 0 Å². The zero-order valence-corrected chi connectivity index (χ0v) is 23.0.